The summed E-state index contributed by atoms with van der Waals surface area (Å²) in [6, 6.07) is 7.55. The van der Waals surface area contributed by atoms with Gasteiger partial charge < -0.3 is 20.3 Å². The van der Waals surface area contributed by atoms with E-state index in [4.69, 9.17) is 9.73 Å². The molecule has 2 atom stereocenters. The number of hydrogen-bond donors (Lipinski definition) is 2. The van der Waals surface area contributed by atoms with Gasteiger partial charge in [-0.3, -0.25) is 9.59 Å². The van der Waals surface area contributed by atoms with E-state index in [1.54, 1.807) is 0 Å². The van der Waals surface area contributed by atoms with E-state index in [1.807, 2.05) is 31.2 Å². The topological polar surface area (TPSA) is 83.0 Å². The largest absolute Gasteiger partial charge is 0.469 e. The van der Waals surface area contributed by atoms with E-state index >= 15 is 0 Å². The van der Waals surface area contributed by atoms with Gasteiger partial charge in [-0.05, 0) is 37.0 Å². The van der Waals surface area contributed by atoms with Gasteiger partial charge in [0.15, 0.2) is 5.96 Å². The maximum Gasteiger partial charge on any atom is 0.310 e. The number of likely N-dealkylation sites (tertiary alicyclic amines) is 1. The lowest BCUT2D eigenvalue weighted by atomic mass is 9.99. The van der Waals surface area contributed by atoms with Crippen molar-refractivity contribution in [2.24, 2.45) is 16.8 Å². The van der Waals surface area contributed by atoms with Crippen LogP contribution in [0, 0.1) is 11.8 Å². The van der Waals surface area contributed by atoms with Crippen molar-refractivity contribution in [1.82, 2.24) is 15.5 Å². The molecule has 1 aromatic rings. The predicted octanol–water partition coefficient (Wildman–Crippen LogP) is 2.42. The van der Waals surface area contributed by atoms with E-state index in [-0.39, 0.29) is 23.7 Å². The summed E-state index contributed by atoms with van der Waals surface area (Å²) in [5, 5.41) is 6.24. The standard InChI is InChI=1S/C22H34N4O3/c1-5-7-12-24-20(27)18-10-8-17(9-11-18)13-25-22(23-6-2)26-14-16(3)19(15-26)21(28)29-4/h8-11,16,19H,5-7,12-15H2,1-4H3,(H,23,25)(H,24,27). The van der Waals surface area contributed by atoms with Crippen molar-refractivity contribution in [2.75, 3.05) is 33.3 Å². The van der Waals surface area contributed by atoms with Crippen molar-refractivity contribution < 1.29 is 14.3 Å². The van der Waals surface area contributed by atoms with Crippen LogP contribution < -0.4 is 10.6 Å². The number of carbonyl (C=O) groups excluding carboxylic acids is 2. The van der Waals surface area contributed by atoms with Crippen LogP contribution in [0.15, 0.2) is 29.3 Å². The van der Waals surface area contributed by atoms with Gasteiger partial charge in [-0.15, -0.1) is 0 Å². The molecule has 2 unspecified atom stereocenters. The Morgan fingerprint density at radius 2 is 1.90 bits per heavy atom. The van der Waals surface area contributed by atoms with Crippen LogP contribution in [0.2, 0.25) is 0 Å². The first-order valence-corrected chi connectivity index (χ1v) is 10.5. The first kappa shape index (κ1) is 22.7. The van der Waals surface area contributed by atoms with Crippen LogP contribution in [-0.2, 0) is 16.1 Å². The fraction of sp³-hybridized carbons (Fsp3) is 0.591. The van der Waals surface area contributed by atoms with E-state index in [2.05, 4.69) is 29.4 Å². The van der Waals surface area contributed by atoms with Crippen molar-refractivity contribution in [3.63, 3.8) is 0 Å². The van der Waals surface area contributed by atoms with Gasteiger partial charge in [-0.1, -0.05) is 32.4 Å². The number of amides is 1. The average Bonchev–Trinajstić information content (AvgIpc) is 3.12. The monoisotopic (exact) mass is 402 g/mol. The summed E-state index contributed by atoms with van der Waals surface area (Å²) in [7, 11) is 1.44. The summed E-state index contributed by atoms with van der Waals surface area (Å²) >= 11 is 0. The normalized spacial score (nSPS) is 19.2. The van der Waals surface area contributed by atoms with Gasteiger partial charge in [-0.25, -0.2) is 4.99 Å². The second-order valence-electron chi connectivity index (χ2n) is 7.49. The molecule has 0 bridgehead atoms. The molecule has 1 saturated heterocycles. The predicted molar refractivity (Wildman–Crippen MR) is 115 cm³/mol. The van der Waals surface area contributed by atoms with Gasteiger partial charge in [0.1, 0.15) is 0 Å². The first-order chi connectivity index (χ1) is 14.0. The van der Waals surface area contributed by atoms with Crippen molar-refractivity contribution in [1.29, 1.82) is 0 Å². The molecular weight excluding hydrogens is 368 g/mol. The Kier molecular flexibility index (Phi) is 8.96. The third-order valence-electron chi connectivity index (χ3n) is 5.19. The summed E-state index contributed by atoms with van der Waals surface area (Å²) in [6.45, 7) is 9.53. The minimum absolute atomic E-state index is 0.0400. The Hall–Kier alpha value is -2.57. The lowest BCUT2D eigenvalue weighted by Gasteiger charge is -2.21. The number of aliphatic imine (C=N–C) groups is 1. The summed E-state index contributed by atoms with van der Waals surface area (Å²) in [5.41, 5.74) is 1.69. The van der Waals surface area contributed by atoms with E-state index in [1.165, 1.54) is 7.11 Å². The number of methoxy groups -OCH3 is 1. The zero-order valence-electron chi connectivity index (χ0n) is 18.0. The zero-order valence-corrected chi connectivity index (χ0v) is 18.0. The van der Waals surface area contributed by atoms with Gasteiger partial charge in [0.25, 0.3) is 5.91 Å². The van der Waals surface area contributed by atoms with Crippen LogP contribution in [0.3, 0.4) is 0 Å². The summed E-state index contributed by atoms with van der Waals surface area (Å²) in [6.07, 6.45) is 2.04. The minimum atomic E-state index is -0.163. The fourth-order valence-electron chi connectivity index (χ4n) is 3.43. The number of carbonyl (C=O) groups is 2. The molecule has 7 heteroatoms. The molecule has 0 spiro atoms. The van der Waals surface area contributed by atoms with Crippen molar-refractivity contribution in [2.45, 2.75) is 40.2 Å². The number of guanidine groups is 1. The highest BCUT2D eigenvalue weighted by Crippen LogP contribution is 2.24. The molecule has 29 heavy (non-hydrogen) atoms. The molecule has 2 rings (SSSR count). The fourth-order valence-corrected chi connectivity index (χ4v) is 3.43. The van der Waals surface area contributed by atoms with Gasteiger partial charge in [0.05, 0.1) is 19.6 Å². The molecule has 1 aliphatic rings. The Morgan fingerprint density at radius 1 is 1.17 bits per heavy atom. The average molecular weight is 403 g/mol. The SMILES string of the molecule is CCCCNC(=O)c1ccc(CN=C(NCC)N2CC(C)C(C(=O)OC)C2)cc1. The molecule has 1 heterocycles. The lowest BCUT2D eigenvalue weighted by molar-refractivity contribution is -0.145. The van der Waals surface area contributed by atoms with Gasteiger partial charge in [-0.2, -0.15) is 0 Å². The quantitative estimate of drug-likeness (QED) is 0.302. The number of nitrogens with one attached hydrogen (secondary N) is 2. The number of hydrogen-bond acceptors (Lipinski definition) is 4. The Bertz CT molecular complexity index is 703. The molecule has 1 amide bonds. The summed E-state index contributed by atoms with van der Waals surface area (Å²) < 4.78 is 4.92. The number of unbranched alkanes of at least 4 members (excludes halogenated alkanes) is 1. The highest BCUT2D eigenvalue weighted by atomic mass is 16.5. The molecule has 1 fully saturated rings. The van der Waals surface area contributed by atoms with E-state index in [0.29, 0.717) is 25.2 Å². The van der Waals surface area contributed by atoms with Crippen molar-refractivity contribution >= 4 is 17.8 Å². The first-order valence-electron chi connectivity index (χ1n) is 10.5. The van der Waals surface area contributed by atoms with Crippen LogP contribution in [-0.4, -0.2) is 56.0 Å². The zero-order chi connectivity index (χ0) is 21.2. The van der Waals surface area contributed by atoms with Crippen LogP contribution >= 0.6 is 0 Å². The molecule has 0 radical (unpaired) electrons. The number of ether oxygens (including phenoxy) is 1. The number of nitrogens with zero attached hydrogens (tertiary/aromatic N) is 2. The van der Waals surface area contributed by atoms with E-state index < -0.39 is 0 Å². The second-order valence-corrected chi connectivity index (χ2v) is 7.49. The van der Waals surface area contributed by atoms with Gasteiger partial charge in [0, 0.05) is 31.7 Å². The second kappa shape index (κ2) is 11.4. The molecule has 1 aromatic carbocycles. The molecule has 1 aliphatic heterocycles. The molecule has 2 N–H and O–H groups in total. The Balaban J connectivity index is 1.99. The van der Waals surface area contributed by atoms with E-state index in [0.717, 1.165) is 37.5 Å². The Morgan fingerprint density at radius 3 is 2.52 bits per heavy atom. The number of benzene rings is 1. The third-order valence-corrected chi connectivity index (χ3v) is 5.19. The molecule has 0 saturated carbocycles. The van der Waals surface area contributed by atoms with Gasteiger partial charge in [0.2, 0.25) is 0 Å². The third kappa shape index (κ3) is 6.48. The number of rotatable bonds is 8. The smallest absolute Gasteiger partial charge is 0.310 e. The van der Waals surface area contributed by atoms with E-state index in [9.17, 15) is 9.59 Å². The minimum Gasteiger partial charge on any atom is -0.469 e. The van der Waals surface area contributed by atoms with Crippen molar-refractivity contribution in [3.8, 4) is 0 Å². The molecular formula is C22H34N4O3. The van der Waals surface area contributed by atoms with Crippen LogP contribution in [0.25, 0.3) is 0 Å². The molecule has 160 valence electrons. The maximum atomic E-state index is 12.1. The molecule has 7 nitrogen and oxygen atoms in total. The van der Waals surface area contributed by atoms with Crippen LogP contribution in [0.4, 0.5) is 0 Å². The summed E-state index contributed by atoms with van der Waals surface area (Å²) in [5.74, 6) is 0.684. The Labute approximate surface area is 173 Å². The highest BCUT2D eigenvalue weighted by molar-refractivity contribution is 5.94. The van der Waals surface area contributed by atoms with Crippen molar-refractivity contribution in [3.05, 3.63) is 35.4 Å². The summed E-state index contributed by atoms with van der Waals surface area (Å²) in [4.78, 5) is 30.9. The lowest BCUT2D eigenvalue weighted by Crippen LogP contribution is -2.40. The van der Waals surface area contributed by atoms with Crippen LogP contribution in [0.5, 0.6) is 0 Å². The maximum absolute atomic E-state index is 12.1. The molecule has 0 aliphatic carbocycles. The molecule has 0 aromatic heterocycles. The van der Waals surface area contributed by atoms with Crippen LogP contribution in [0.1, 0.15) is 49.5 Å². The van der Waals surface area contributed by atoms with Gasteiger partial charge >= 0.3 is 5.97 Å². The highest BCUT2D eigenvalue weighted by Gasteiger charge is 2.36. The number of esters is 1.